The van der Waals surface area contributed by atoms with E-state index in [9.17, 15) is 0 Å². The van der Waals surface area contributed by atoms with Crippen LogP contribution < -0.4 is 0 Å². The first kappa shape index (κ1) is 23.5. The van der Waals surface area contributed by atoms with Crippen molar-refractivity contribution in [1.29, 1.82) is 0 Å². The molecule has 1 nitrogen and oxygen atoms in total. The van der Waals surface area contributed by atoms with Gasteiger partial charge in [-0.2, -0.15) is 0 Å². The highest BCUT2D eigenvalue weighted by molar-refractivity contribution is 6.74. The minimum absolute atomic E-state index is 0.335. The van der Waals surface area contributed by atoms with E-state index in [2.05, 4.69) is 58.7 Å². The third kappa shape index (κ3) is 12.8. The molecule has 2 heteroatoms. The maximum absolute atomic E-state index is 6.22. The third-order valence-corrected chi connectivity index (χ3v) is 9.51. The molecule has 0 radical (unpaired) electrons. The normalized spacial score (nSPS) is 12.4. The van der Waals surface area contributed by atoms with E-state index in [1.54, 1.807) is 0 Å². The summed E-state index contributed by atoms with van der Waals surface area (Å²) >= 11 is 0. The molecule has 24 heavy (non-hydrogen) atoms. The standard InChI is InChI=1S/C22H42OSi/c1-7-8-9-10-11-12-13-14-15-16-17-18-19-20-21-23-24(5,6)22(2,3)4/h9-10H,7-8,13-21H2,1-6H3/b10-9-. The minimum atomic E-state index is -1.53. The predicted octanol–water partition coefficient (Wildman–Crippen LogP) is 7.49. The summed E-state index contributed by atoms with van der Waals surface area (Å²) in [5, 5.41) is 0.335. The van der Waals surface area contributed by atoms with Crippen molar-refractivity contribution in [2.45, 2.75) is 110 Å². The molecule has 0 unspecified atom stereocenters. The Hall–Kier alpha value is -0.523. The molecule has 0 saturated carbocycles. The Labute approximate surface area is 153 Å². The first-order chi connectivity index (χ1) is 11.3. The number of allylic oxidation sites excluding steroid dienone is 2. The van der Waals surface area contributed by atoms with Crippen LogP contribution in [-0.2, 0) is 4.43 Å². The Kier molecular flexibility index (Phi) is 13.4. The van der Waals surface area contributed by atoms with Crippen LogP contribution >= 0.6 is 0 Å². The van der Waals surface area contributed by atoms with Crippen molar-refractivity contribution >= 4 is 8.32 Å². The Morgan fingerprint density at radius 1 is 0.917 bits per heavy atom. The Bertz CT molecular complexity index is 379. The Morgan fingerprint density at radius 2 is 1.50 bits per heavy atom. The summed E-state index contributed by atoms with van der Waals surface area (Å²) < 4.78 is 6.22. The van der Waals surface area contributed by atoms with Crippen LogP contribution in [0.15, 0.2) is 12.2 Å². The summed E-state index contributed by atoms with van der Waals surface area (Å²) in [6, 6.07) is 0. The fourth-order valence-electron chi connectivity index (χ4n) is 2.18. The summed E-state index contributed by atoms with van der Waals surface area (Å²) in [5.74, 6) is 6.37. The molecule has 0 amide bonds. The van der Waals surface area contributed by atoms with Crippen LogP contribution in [0.1, 0.15) is 91.9 Å². The molecule has 0 aliphatic rings. The molecular weight excluding hydrogens is 308 g/mol. The van der Waals surface area contributed by atoms with Crippen molar-refractivity contribution in [2.75, 3.05) is 6.61 Å². The van der Waals surface area contributed by atoms with E-state index >= 15 is 0 Å². The van der Waals surface area contributed by atoms with Crippen LogP contribution in [0.3, 0.4) is 0 Å². The van der Waals surface area contributed by atoms with Crippen LogP contribution in [0.25, 0.3) is 0 Å². The fourth-order valence-corrected chi connectivity index (χ4v) is 3.27. The quantitative estimate of drug-likeness (QED) is 0.201. The number of unbranched alkanes of at least 4 members (excludes halogenated alkanes) is 8. The topological polar surface area (TPSA) is 9.23 Å². The van der Waals surface area contributed by atoms with E-state index < -0.39 is 8.32 Å². The molecular formula is C22H42OSi. The van der Waals surface area contributed by atoms with Crippen LogP contribution in [0, 0.1) is 11.8 Å². The summed E-state index contributed by atoms with van der Waals surface area (Å²) in [6.07, 6.45) is 16.8. The second-order valence-corrected chi connectivity index (χ2v) is 13.2. The van der Waals surface area contributed by atoms with Gasteiger partial charge in [0.25, 0.3) is 0 Å². The van der Waals surface area contributed by atoms with Gasteiger partial charge < -0.3 is 4.43 Å². The molecule has 0 heterocycles. The van der Waals surface area contributed by atoms with Gasteiger partial charge in [0.15, 0.2) is 8.32 Å². The van der Waals surface area contributed by atoms with Gasteiger partial charge in [0.05, 0.1) is 0 Å². The third-order valence-electron chi connectivity index (χ3n) is 4.97. The largest absolute Gasteiger partial charge is 0.417 e. The van der Waals surface area contributed by atoms with Crippen molar-refractivity contribution in [3.8, 4) is 11.8 Å². The van der Waals surface area contributed by atoms with Gasteiger partial charge in [0.1, 0.15) is 0 Å². The second-order valence-electron chi connectivity index (χ2n) is 8.35. The van der Waals surface area contributed by atoms with E-state index in [1.165, 1.54) is 51.4 Å². The van der Waals surface area contributed by atoms with Crippen molar-refractivity contribution in [1.82, 2.24) is 0 Å². The van der Waals surface area contributed by atoms with E-state index in [-0.39, 0.29) is 0 Å². The first-order valence-corrected chi connectivity index (χ1v) is 13.0. The zero-order chi connectivity index (χ0) is 18.3. The maximum Gasteiger partial charge on any atom is 0.191 e. The van der Waals surface area contributed by atoms with Crippen LogP contribution in [0.4, 0.5) is 0 Å². The number of rotatable bonds is 12. The van der Waals surface area contributed by atoms with Crippen LogP contribution in [0.5, 0.6) is 0 Å². The van der Waals surface area contributed by atoms with E-state index in [1.807, 2.05) is 6.08 Å². The molecule has 0 saturated heterocycles. The predicted molar refractivity (Wildman–Crippen MR) is 112 cm³/mol. The number of hydrogen-bond donors (Lipinski definition) is 0. The highest BCUT2D eigenvalue weighted by atomic mass is 28.4. The van der Waals surface area contributed by atoms with Crippen molar-refractivity contribution < 1.29 is 4.43 Å². The Morgan fingerprint density at radius 3 is 2.08 bits per heavy atom. The molecule has 0 fully saturated rings. The van der Waals surface area contributed by atoms with Gasteiger partial charge >= 0.3 is 0 Å². The molecule has 0 N–H and O–H groups in total. The summed E-state index contributed by atoms with van der Waals surface area (Å²) in [6.45, 7) is 14.8. The molecule has 0 bridgehead atoms. The van der Waals surface area contributed by atoms with Gasteiger partial charge in [-0.05, 0) is 43.5 Å². The molecule has 0 aromatic carbocycles. The first-order valence-electron chi connectivity index (χ1n) is 10.1. The van der Waals surface area contributed by atoms with E-state index in [4.69, 9.17) is 4.43 Å². The summed E-state index contributed by atoms with van der Waals surface area (Å²) in [5.41, 5.74) is 0. The SMILES string of the molecule is CCC/C=C\C#CCCCCCCCCCO[Si](C)(C)C(C)(C)C. The van der Waals surface area contributed by atoms with Crippen molar-refractivity contribution in [3.63, 3.8) is 0 Å². The zero-order valence-corrected chi connectivity index (χ0v) is 18.3. The van der Waals surface area contributed by atoms with E-state index in [0.717, 1.165) is 19.4 Å². The van der Waals surface area contributed by atoms with Gasteiger partial charge in [-0.25, -0.2) is 0 Å². The summed E-state index contributed by atoms with van der Waals surface area (Å²) in [4.78, 5) is 0. The molecule has 0 atom stereocenters. The smallest absolute Gasteiger partial charge is 0.191 e. The summed E-state index contributed by atoms with van der Waals surface area (Å²) in [7, 11) is -1.53. The van der Waals surface area contributed by atoms with Crippen molar-refractivity contribution in [3.05, 3.63) is 12.2 Å². The molecule has 0 aromatic rings. The molecule has 140 valence electrons. The molecule has 0 spiro atoms. The zero-order valence-electron chi connectivity index (χ0n) is 17.3. The average Bonchev–Trinajstić information content (AvgIpc) is 2.50. The van der Waals surface area contributed by atoms with Crippen molar-refractivity contribution in [2.24, 2.45) is 0 Å². The van der Waals surface area contributed by atoms with Crippen LogP contribution in [0.2, 0.25) is 18.1 Å². The van der Waals surface area contributed by atoms with E-state index in [0.29, 0.717) is 5.04 Å². The lowest BCUT2D eigenvalue weighted by atomic mass is 10.1. The maximum atomic E-state index is 6.22. The lowest BCUT2D eigenvalue weighted by Gasteiger charge is -2.36. The minimum Gasteiger partial charge on any atom is -0.417 e. The highest BCUT2D eigenvalue weighted by Gasteiger charge is 2.36. The number of hydrogen-bond acceptors (Lipinski definition) is 1. The molecule has 0 aromatic heterocycles. The van der Waals surface area contributed by atoms with Gasteiger partial charge in [-0.1, -0.05) is 84.1 Å². The fraction of sp³-hybridized carbons (Fsp3) is 0.818. The highest BCUT2D eigenvalue weighted by Crippen LogP contribution is 2.36. The van der Waals surface area contributed by atoms with Gasteiger partial charge in [-0.15, -0.1) is 0 Å². The lowest BCUT2D eigenvalue weighted by molar-refractivity contribution is 0.277. The molecule has 0 rings (SSSR count). The van der Waals surface area contributed by atoms with Crippen LogP contribution in [-0.4, -0.2) is 14.9 Å². The van der Waals surface area contributed by atoms with Gasteiger partial charge in [0, 0.05) is 13.0 Å². The average molecular weight is 351 g/mol. The van der Waals surface area contributed by atoms with Gasteiger partial charge in [-0.3, -0.25) is 0 Å². The second kappa shape index (κ2) is 13.7. The lowest BCUT2D eigenvalue weighted by Crippen LogP contribution is -2.40. The molecule has 0 aliphatic carbocycles. The Balaban J connectivity index is 3.41. The molecule has 0 aliphatic heterocycles. The monoisotopic (exact) mass is 350 g/mol. The van der Waals surface area contributed by atoms with Gasteiger partial charge in [0.2, 0.25) is 0 Å².